The minimum Gasteiger partial charge on any atom is -0.348 e. The fourth-order valence-corrected chi connectivity index (χ4v) is 2.71. The van der Waals surface area contributed by atoms with Gasteiger partial charge in [0.15, 0.2) is 0 Å². The van der Waals surface area contributed by atoms with Crippen molar-refractivity contribution >= 4 is 5.91 Å². The third kappa shape index (κ3) is 2.99. The number of hydrogen-bond acceptors (Lipinski definition) is 4. The summed E-state index contributed by atoms with van der Waals surface area (Å²) in [5.41, 5.74) is 5.90. The fourth-order valence-electron chi connectivity index (χ4n) is 2.71. The second-order valence-corrected chi connectivity index (χ2v) is 5.59. The van der Waals surface area contributed by atoms with Crippen molar-refractivity contribution in [3.8, 4) is 0 Å². The van der Waals surface area contributed by atoms with Gasteiger partial charge in [-0.2, -0.15) is 10.2 Å². The Balaban J connectivity index is 1.71. The molecule has 0 saturated carbocycles. The predicted octanol–water partition coefficient (Wildman–Crippen LogP) is 1.88. The van der Waals surface area contributed by atoms with E-state index in [1.807, 2.05) is 13.8 Å². The summed E-state index contributed by atoms with van der Waals surface area (Å²) < 4.78 is 0. The highest BCUT2D eigenvalue weighted by atomic mass is 16.1. The number of nitrogens with zero attached hydrogens (tertiary/aromatic N) is 2. The summed E-state index contributed by atoms with van der Waals surface area (Å²) in [5.74, 6) is -0.0894. The molecule has 0 unspecified atom stereocenters. The highest BCUT2D eigenvalue weighted by Crippen LogP contribution is 2.17. The lowest BCUT2D eigenvalue weighted by Crippen LogP contribution is -2.25. The van der Waals surface area contributed by atoms with Crippen molar-refractivity contribution in [2.45, 2.75) is 39.9 Å². The van der Waals surface area contributed by atoms with Gasteiger partial charge >= 0.3 is 0 Å². The van der Waals surface area contributed by atoms with Gasteiger partial charge in [0.05, 0.1) is 17.0 Å². The molecule has 1 aromatic heterocycles. The molecule has 1 aliphatic rings. The van der Waals surface area contributed by atoms with Crippen LogP contribution < -0.4 is 10.6 Å². The molecule has 22 heavy (non-hydrogen) atoms. The lowest BCUT2D eigenvalue weighted by atomic mass is 10.1. The second kappa shape index (κ2) is 6.23. The summed E-state index contributed by atoms with van der Waals surface area (Å²) >= 11 is 0. The lowest BCUT2D eigenvalue weighted by molar-refractivity contribution is 0.0949. The molecule has 1 aromatic carbocycles. The van der Waals surface area contributed by atoms with Crippen LogP contribution in [0.25, 0.3) is 0 Å². The summed E-state index contributed by atoms with van der Waals surface area (Å²) in [4.78, 5) is 12.4. The molecule has 2 heterocycles. The molecule has 1 amide bonds. The molecule has 0 atom stereocenters. The van der Waals surface area contributed by atoms with Gasteiger partial charge in [0.2, 0.25) is 0 Å². The number of rotatable bonds is 4. The Hall–Kier alpha value is -2.27. The highest BCUT2D eigenvalue weighted by molar-refractivity contribution is 5.95. The number of carbonyl (C=O) groups is 1. The number of aryl methyl sites for hydroxylation is 2. The van der Waals surface area contributed by atoms with Crippen LogP contribution >= 0.6 is 0 Å². The maximum Gasteiger partial charge on any atom is 0.253 e. The van der Waals surface area contributed by atoms with Gasteiger partial charge in [0.1, 0.15) is 0 Å². The van der Waals surface area contributed by atoms with Gasteiger partial charge in [-0.3, -0.25) is 4.79 Å². The van der Waals surface area contributed by atoms with E-state index in [4.69, 9.17) is 0 Å². The number of fused-ring (bicyclic) bond motifs is 1. The number of nitrogens with one attached hydrogen (secondary N) is 2. The minimum absolute atomic E-state index is 0.0894. The zero-order valence-electron chi connectivity index (χ0n) is 12.9. The van der Waals surface area contributed by atoms with E-state index in [0.717, 1.165) is 30.0 Å². The van der Waals surface area contributed by atoms with Gasteiger partial charge in [-0.25, -0.2) is 0 Å². The molecule has 114 valence electrons. The van der Waals surface area contributed by atoms with Crippen LogP contribution in [0.4, 0.5) is 0 Å². The Morgan fingerprint density at radius 2 is 2.05 bits per heavy atom. The Morgan fingerprint density at radius 1 is 1.23 bits per heavy atom. The summed E-state index contributed by atoms with van der Waals surface area (Å²) in [5, 5.41) is 14.4. The van der Waals surface area contributed by atoms with E-state index in [9.17, 15) is 4.79 Å². The summed E-state index contributed by atoms with van der Waals surface area (Å²) in [6.45, 7) is 6.19. The van der Waals surface area contributed by atoms with Crippen LogP contribution in [0.2, 0.25) is 0 Å². The van der Waals surface area contributed by atoms with Crippen LogP contribution in [-0.4, -0.2) is 16.1 Å². The van der Waals surface area contributed by atoms with Crippen molar-refractivity contribution in [1.82, 2.24) is 20.8 Å². The van der Waals surface area contributed by atoms with E-state index in [0.29, 0.717) is 18.5 Å². The van der Waals surface area contributed by atoms with E-state index < -0.39 is 0 Å². The Morgan fingerprint density at radius 3 is 2.86 bits per heavy atom. The van der Waals surface area contributed by atoms with E-state index in [-0.39, 0.29) is 5.91 Å². The van der Waals surface area contributed by atoms with Gasteiger partial charge in [-0.1, -0.05) is 25.1 Å². The van der Waals surface area contributed by atoms with Crippen LogP contribution in [0.3, 0.4) is 0 Å². The highest BCUT2D eigenvalue weighted by Gasteiger charge is 2.14. The molecular formula is C17H20N4O. The molecule has 2 aromatic rings. The normalized spacial score (nSPS) is 13.0. The quantitative estimate of drug-likeness (QED) is 0.904. The molecule has 0 aliphatic carbocycles. The largest absolute Gasteiger partial charge is 0.348 e. The van der Waals surface area contributed by atoms with Gasteiger partial charge in [0, 0.05) is 19.6 Å². The van der Waals surface area contributed by atoms with Crippen molar-refractivity contribution < 1.29 is 4.79 Å². The van der Waals surface area contributed by atoms with Gasteiger partial charge in [-0.05, 0) is 36.1 Å². The minimum atomic E-state index is -0.0894. The number of amides is 1. The first-order chi connectivity index (χ1) is 10.7. The first-order valence-electron chi connectivity index (χ1n) is 7.60. The number of hydrogen-bond donors (Lipinski definition) is 2. The topological polar surface area (TPSA) is 66.9 Å². The third-order valence-electron chi connectivity index (χ3n) is 3.93. The van der Waals surface area contributed by atoms with Crippen molar-refractivity contribution in [2.24, 2.45) is 0 Å². The summed E-state index contributed by atoms with van der Waals surface area (Å²) in [7, 11) is 0. The van der Waals surface area contributed by atoms with Gasteiger partial charge in [-0.15, -0.1) is 0 Å². The molecule has 5 heteroatoms. The molecule has 2 N–H and O–H groups in total. The van der Waals surface area contributed by atoms with Crippen molar-refractivity contribution in [3.05, 3.63) is 57.9 Å². The summed E-state index contributed by atoms with van der Waals surface area (Å²) in [6.07, 6.45) is 0.695. The van der Waals surface area contributed by atoms with Crippen LogP contribution in [-0.2, 0) is 26.1 Å². The monoisotopic (exact) mass is 296 g/mol. The maximum absolute atomic E-state index is 12.4. The van der Waals surface area contributed by atoms with Crippen LogP contribution in [0.5, 0.6) is 0 Å². The molecule has 5 nitrogen and oxygen atoms in total. The molecule has 0 spiro atoms. The molecule has 0 radical (unpaired) electrons. The zero-order chi connectivity index (χ0) is 15.5. The number of benzene rings is 1. The SMILES string of the molecule is CCc1nnc(C)cc1C(=O)NCc1ccc2c(c1)CNC2. The number of aromatic nitrogens is 2. The van der Waals surface area contributed by atoms with Crippen LogP contribution in [0.1, 0.15) is 45.4 Å². The van der Waals surface area contributed by atoms with Crippen LogP contribution in [0.15, 0.2) is 24.3 Å². The lowest BCUT2D eigenvalue weighted by Gasteiger charge is -2.09. The van der Waals surface area contributed by atoms with E-state index in [2.05, 4.69) is 39.0 Å². The molecule has 0 fully saturated rings. The van der Waals surface area contributed by atoms with Crippen molar-refractivity contribution in [3.63, 3.8) is 0 Å². The van der Waals surface area contributed by atoms with Crippen molar-refractivity contribution in [2.75, 3.05) is 0 Å². The predicted molar refractivity (Wildman–Crippen MR) is 84.3 cm³/mol. The third-order valence-corrected chi connectivity index (χ3v) is 3.93. The Labute approximate surface area is 130 Å². The maximum atomic E-state index is 12.4. The molecule has 0 saturated heterocycles. The van der Waals surface area contributed by atoms with E-state index in [1.165, 1.54) is 11.1 Å². The average molecular weight is 296 g/mol. The Kier molecular flexibility index (Phi) is 4.15. The fraction of sp³-hybridized carbons (Fsp3) is 0.353. The van der Waals surface area contributed by atoms with E-state index >= 15 is 0 Å². The Bertz CT molecular complexity index is 712. The molecule has 1 aliphatic heterocycles. The second-order valence-electron chi connectivity index (χ2n) is 5.59. The molecule has 3 rings (SSSR count). The van der Waals surface area contributed by atoms with E-state index in [1.54, 1.807) is 6.07 Å². The average Bonchev–Trinajstić information content (AvgIpc) is 3.00. The number of carbonyl (C=O) groups excluding carboxylic acids is 1. The first kappa shape index (κ1) is 14.7. The molecular weight excluding hydrogens is 276 g/mol. The molecule has 0 bridgehead atoms. The summed E-state index contributed by atoms with van der Waals surface area (Å²) in [6, 6.07) is 8.16. The van der Waals surface area contributed by atoms with Gasteiger partial charge < -0.3 is 10.6 Å². The van der Waals surface area contributed by atoms with Crippen molar-refractivity contribution in [1.29, 1.82) is 0 Å². The standard InChI is InChI=1S/C17H20N4O/c1-3-16-15(6-11(2)20-21-16)17(22)19-8-12-4-5-13-9-18-10-14(13)7-12/h4-7,18H,3,8-10H2,1-2H3,(H,19,22). The zero-order valence-corrected chi connectivity index (χ0v) is 12.9. The smallest absolute Gasteiger partial charge is 0.253 e. The van der Waals surface area contributed by atoms with Gasteiger partial charge in [0.25, 0.3) is 5.91 Å². The first-order valence-corrected chi connectivity index (χ1v) is 7.60. The van der Waals surface area contributed by atoms with Crippen LogP contribution in [0, 0.1) is 6.92 Å².